The molecule has 3 aliphatic carbocycles. The van der Waals surface area contributed by atoms with Crippen LogP contribution in [0.3, 0.4) is 0 Å². The molecule has 3 aromatic rings. The van der Waals surface area contributed by atoms with E-state index < -0.39 is 5.60 Å². The molecule has 0 unspecified atom stereocenters. The van der Waals surface area contributed by atoms with Gasteiger partial charge in [-0.05, 0) is 73.9 Å². The van der Waals surface area contributed by atoms with E-state index in [1.807, 2.05) is 30.3 Å². The number of aliphatic hydroxyl groups is 1. The van der Waals surface area contributed by atoms with E-state index in [0.717, 1.165) is 47.8 Å². The number of nitrogens with one attached hydrogen (secondary N) is 2. The van der Waals surface area contributed by atoms with Gasteiger partial charge in [-0.3, -0.25) is 9.89 Å². The van der Waals surface area contributed by atoms with Crippen LogP contribution >= 0.6 is 11.8 Å². The Hall–Kier alpha value is -2.91. The lowest BCUT2D eigenvalue weighted by Gasteiger charge is -2.47. The van der Waals surface area contributed by atoms with E-state index in [-0.39, 0.29) is 5.92 Å². The zero-order chi connectivity index (χ0) is 24.3. The molecule has 1 aliphatic heterocycles. The van der Waals surface area contributed by atoms with E-state index in [4.69, 9.17) is 9.97 Å². The molecule has 8 nitrogen and oxygen atoms in total. The molecule has 36 heavy (non-hydrogen) atoms. The van der Waals surface area contributed by atoms with Gasteiger partial charge in [0, 0.05) is 41.0 Å². The lowest BCUT2D eigenvalue weighted by atomic mass is 9.89. The highest BCUT2D eigenvalue weighted by Gasteiger charge is 2.52. The van der Waals surface area contributed by atoms with Crippen molar-refractivity contribution in [2.24, 2.45) is 11.8 Å². The van der Waals surface area contributed by atoms with Gasteiger partial charge in [0.2, 0.25) is 0 Å². The van der Waals surface area contributed by atoms with Crippen molar-refractivity contribution in [1.29, 1.82) is 0 Å². The number of hydrogen-bond acceptors (Lipinski definition) is 8. The van der Waals surface area contributed by atoms with Crippen molar-refractivity contribution < 1.29 is 9.90 Å². The Balaban J connectivity index is 1.10. The maximum absolute atomic E-state index is 12.1. The minimum atomic E-state index is -0.582. The Morgan fingerprint density at radius 1 is 1.06 bits per heavy atom. The van der Waals surface area contributed by atoms with Gasteiger partial charge in [0.1, 0.15) is 23.0 Å². The van der Waals surface area contributed by atoms with Gasteiger partial charge >= 0.3 is 0 Å². The van der Waals surface area contributed by atoms with Crippen LogP contribution in [0.5, 0.6) is 0 Å². The van der Waals surface area contributed by atoms with Crippen molar-refractivity contribution in [3.63, 3.8) is 0 Å². The van der Waals surface area contributed by atoms with Gasteiger partial charge < -0.3 is 15.3 Å². The predicted molar refractivity (Wildman–Crippen MR) is 138 cm³/mol. The monoisotopic (exact) mass is 502 g/mol. The number of aromatic nitrogens is 4. The highest BCUT2D eigenvalue weighted by atomic mass is 32.2. The quantitative estimate of drug-likeness (QED) is 0.349. The van der Waals surface area contributed by atoms with Crippen LogP contribution in [0.1, 0.15) is 55.7 Å². The van der Waals surface area contributed by atoms with E-state index in [0.29, 0.717) is 48.1 Å². The van der Waals surface area contributed by atoms with E-state index in [1.54, 1.807) is 0 Å². The van der Waals surface area contributed by atoms with Crippen molar-refractivity contribution in [2.75, 3.05) is 23.3 Å². The van der Waals surface area contributed by atoms with Gasteiger partial charge in [0.15, 0.2) is 11.0 Å². The molecule has 3 saturated carbocycles. The lowest BCUT2D eigenvalue weighted by Crippen LogP contribution is -2.63. The Morgan fingerprint density at radius 3 is 2.53 bits per heavy atom. The number of carbonyl (C=O) groups excluding carboxylic acids is 1. The molecular formula is C27H30N6O2S. The van der Waals surface area contributed by atoms with Crippen molar-refractivity contribution >= 4 is 35.0 Å². The zero-order valence-electron chi connectivity index (χ0n) is 20.1. The molecule has 0 amide bonds. The molecule has 0 bridgehead atoms. The third-order valence-electron chi connectivity index (χ3n) is 7.70. The Kier molecular flexibility index (Phi) is 5.32. The molecule has 0 radical (unpaired) electrons. The molecule has 3 N–H and O–H groups in total. The molecule has 1 saturated heterocycles. The summed E-state index contributed by atoms with van der Waals surface area (Å²) in [5.41, 5.74) is 1.64. The second-order valence-electron chi connectivity index (χ2n) is 10.9. The fraction of sp³-hybridized carbons (Fsp3) is 0.481. The normalized spacial score (nSPS) is 20.8. The summed E-state index contributed by atoms with van der Waals surface area (Å²) in [5, 5.41) is 22.4. The van der Waals surface area contributed by atoms with Crippen molar-refractivity contribution in [1.82, 2.24) is 20.2 Å². The van der Waals surface area contributed by atoms with Crippen molar-refractivity contribution in [3.8, 4) is 0 Å². The second-order valence-corrected chi connectivity index (χ2v) is 11.9. The average Bonchev–Trinajstić information content (AvgIpc) is 3.71. The number of Topliss-reactive ketones (excluding diaryl/α,β-unsaturated/α-hetero) is 1. The molecule has 9 heteroatoms. The molecular weight excluding hydrogens is 472 g/mol. The summed E-state index contributed by atoms with van der Waals surface area (Å²) in [6.45, 7) is 1.21. The number of β-amino-alcohol motifs (C(OH)–C–C–N with tert-alkyl or cyclic N) is 1. The van der Waals surface area contributed by atoms with Crippen LogP contribution in [0.2, 0.25) is 0 Å². The molecule has 0 atom stereocenters. The summed E-state index contributed by atoms with van der Waals surface area (Å²) < 4.78 is 0. The summed E-state index contributed by atoms with van der Waals surface area (Å²) in [6.07, 6.45) is 7.28. The highest BCUT2D eigenvalue weighted by molar-refractivity contribution is 7.99. The molecule has 4 fully saturated rings. The van der Waals surface area contributed by atoms with Crippen molar-refractivity contribution in [2.45, 2.75) is 66.5 Å². The van der Waals surface area contributed by atoms with E-state index >= 15 is 0 Å². The Labute approximate surface area is 214 Å². The number of rotatable bonds is 10. The van der Waals surface area contributed by atoms with Crippen LogP contribution in [0.25, 0.3) is 0 Å². The van der Waals surface area contributed by atoms with Crippen molar-refractivity contribution in [3.05, 3.63) is 47.7 Å². The predicted octanol–water partition coefficient (Wildman–Crippen LogP) is 4.45. The third-order valence-corrected chi connectivity index (χ3v) is 8.57. The van der Waals surface area contributed by atoms with Crippen LogP contribution in [0.15, 0.2) is 46.5 Å². The van der Waals surface area contributed by atoms with Gasteiger partial charge in [0.05, 0.1) is 13.1 Å². The SMILES string of the molecule is O=C(Cc1ccc(Sc2nc(Nc3cc(C4CC4)[nH]n3)cc(N3CC(O)(C4CC4)C3)n2)cc1)C1CC1. The van der Waals surface area contributed by atoms with Gasteiger partial charge in [-0.15, -0.1) is 0 Å². The first-order chi connectivity index (χ1) is 17.5. The number of H-pyrrole nitrogens is 1. The molecule has 3 heterocycles. The van der Waals surface area contributed by atoms with Crippen LogP contribution < -0.4 is 10.2 Å². The number of carbonyl (C=O) groups is 1. The average molecular weight is 503 g/mol. The summed E-state index contributed by atoms with van der Waals surface area (Å²) in [5.74, 6) is 3.91. The fourth-order valence-electron chi connectivity index (χ4n) is 5.01. The number of ketones is 1. The maximum atomic E-state index is 12.1. The molecule has 4 aliphatic rings. The summed E-state index contributed by atoms with van der Waals surface area (Å²) >= 11 is 1.50. The van der Waals surface area contributed by atoms with Crippen LogP contribution in [0.4, 0.5) is 17.5 Å². The number of nitrogens with zero attached hydrogens (tertiary/aromatic N) is 4. The summed E-state index contributed by atoms with van der Waals surface area (Å²) in [6, 6.07) is 12.1. The van der Waals surface area contributed by atoms with Gasteiger partial charge in [-0.25, -0.2) is 9.97 Å². The van der Waals surface area contributed by atoms with Gasteiger partial charge in [-0.1, -0.05) is 12.1 Å². The first-order valence-electron chi connectivity index (χ1n) is 13.0. The van der Waals surface area contributed by atoms with Gasteiger partial charge in [0.25, 0.3) is 0 Å². The Morgan fingerprint density at radius 2 is 1.83 bits per heavy atom. The smallest absolute Gasteiger partial charge is 0.196 e. The third kappa shape index (κ3) is 4.74. The number of benzene rings is 1. The van der Waals surface area contributed by atoms with Crippen LogP contribution in [0, 0.1) is 11.8 Å². The lowest BCUT2D eigenvalue weighted by molar-refractivity contribution is -0.119. The maximum Gasteiger partial charge on any atom is 0.196 e. The topological polar surface area (TPSA) is 107 Å². The van der Waals surface area contributed by atoms with Crippen LogP contribution in [-0.4, -0.2) is 49.7 Å². The largest absolute Gasteiger partial charge is 0.386 e. The van der Waals surface area contributed by atoms with E-state index in [1.165, 1.54) is 30.3 Å². The molecule has 7 rings (SSSR count). The molecule has 0 spiro atoms. The highest BCUT2D eigenvalue weighted by Crippen LogP contribution is 2.46. The summed E-state index contributed by atoms with van der Waals surface area (Å²) in [4.78, 5) is 24.9. The number of aromatic amines is 1. The number of anilines is 3. The Bertz CT molecular complexity index is 1290. The first-order valence-corrected chi connectivity index (χ1v) is 13.8. The minimum absolute atomic E-state index is 0.287. The molecule has 1 aromatic carbocycles. The standard InChI is InChI=1S/C27H30N6O2S/c34-22(18-5-6-18)11-16-1-9-20(10-2-16)36-26-29-23(28-24-12-21(31-32-24)17-3-4-17)13-25(30-26)33-14-27(35,15-33)19-7-8-19/h1-2,9-10,12-13,17-19,35H,3-8,11,14-15H2,(H2,28,29,30,31,32). The molecule has 2 aromatic heterocycles. The second kappa shape index (κ2) is 8.59. The van der Waals surface area contributed by atoms with Gasteiger partial charge in [-0.2, -0.15) is 5.10 Å². The molecule has 186 valence electrons. The fourth-order valence-corrected chi connectivity index (χ4v) is 5.77. The zero-order valence-corrected chi connectivity index (χ0v) is 20.9. The van der Waals surface area contributed by atoms with E-state index in [2.05, 4.69) is 26.5 Å². The summed E-state index contributed by atoms with van der Waals surface area (Å²) in [7, 11) is 0. The van der Waals surface area contributed by atoms with E-state index in [9.17, 15) is 9.90 Å². The first kappa shape index (κ1) is 22.3. The van der Waals surface area contributed by atoms with Crippen LogP contribution in [-0.2, 0) is 11.2 Å². The number of hydrogen-bond donors (Lipinski definition) is 3. The minimum Gasteiger partial charge on any atom is -0.386 e.